The molecule has 0 amide bonds. The van der Waals surface area contributed by atoms with E-state index in [2.05, 4.69) is 10.2 Å². The molecule has 0 aromatic rings. The van der Waals surface area contributed by atoms with Crippen LogP contribution in [-0.4, -0.2) is 36.1 Å². The van der Waals surface area contributed by atoms with Crippen molar-refractivity contribution in [1.82, 2.24) is 10.2 Å². The van der Waals surface area contributed by atoms with Crippen molar-refractivity contribution < 1.29 is 0 Å². The van der Waals surface area contributed by atoms with E-state index < -0.39 is 0 Å². The van der Waals surface area contributed by atoms with Crippen LogP contribution in [0, 0.1) is 0 Å². The van der Waals surface area contributed by atoms with Crippen LogP contribution in [0.5, 0.6) is 0 Å². The summed E-state index contributed by atoms with van der Waals surface area (Å²) in [7, 11) is 0. The predicted octanol–water partition coefficient (Wildman–Crippen LogP) is 2.93. The fraction of sp³-hybridized carbons (Fsp3) is 1.00. The second-order valence-corrected chi connectivity index (χ2v) is 6.45. The van der Waals surface area contributed by atoms with Crippen molar-refractivity contribution in [3.63, 3.8) is 0 Å². The smallest absolute Gasteiger partial charge is 0.0337 e. The van der Waals surface area contributed by atoms with Crippen LogP contribution in [0.2, 0.25) is 0 Å². The molecule has 0 unspecified atom stereocenters. The Kier molecular flexibility index (Phi) is 3.72. The third kappa shape index (κ3) is 2.39. The van der Waals surface area contributed by atoms with Crippen molar-refractivity contribution in [2.75, 3.05) is 19.6 Å². The van der Waals surface area contributed by atoms with Gasteiger partial charge in [0.05, 0.1) is 0 Å². The van der Waals surface area contributed by atoms with Gasteiger partial charge < -0.3 is 5.32 Å². The first-order chi connectivity index (χ1) is 8.41. The standard InChI is InChI=1S/C15H28N2/c1-2-4-8-14(7-3-1)17-12-11-16-13-15(17)9-5-6-10-15/h14,16H,1-13H2. The molecule has 0 radical (unpaired) electrons. The molecule has 0 bridgehead atoms. The van der Waals surface area contributed by atoms with Gasteiger partial charge in [-0.25, -0.2) is 0 Å². The van der Waals surface area contributed by atoms with Crippen LogP contribution in [0.1, 0.15) is 64.2 Å². The summed E-state index contributed by atoms with van der Waals surface area (Å²) in [6.45, 7) is 3.80. The second-order valence-electron chi connectivity index (χ2n) is 6.45. The first-order valence-electron chi connectivity index (χ1n) is 7.88. The monoisotopic (exact) mass is 236 g/mol. The summed E-state index contributed by atoms with van der Waals surface area (Å²) in [5.41, 5.74) is 0.563. The molecule has 3 fully saturated rings. The van der Waals surface area contributed by atoms with E-state index in [0.717, 1.165) is 6.04 Å². The lowest BCUT2D eigenvalue weighted by Crippen LogP contribution is -2.62. The summed E-state index contributed by atoms with van der Waals surface area (Å²) in [4.78, 5) is 2.95. The summed E-state index contributed by atoms with van der Waals surface area (Å²) in [6, 6.07) is 0.915. The molecule has 1 saturated heterocycles. The zero-order valence-electron chi connectivity index (χ0n) is 11.2. The largest absolute Gasteiger partial charge is 0.314 e. The Bertz CT molecular complexity index is 237. The molecule has 3 rings (SSSR count). The predicted molar refractivity (Wildman–Crippen MR) is 72.3 cm³/mol. The van der Waals surface area contributed by atoms with Gasteiger partial charge in [0.25, 0.3) is 0 Å². The summed E-state index contributed by atoms with van der Waals surface area (Å²) in [5.74, 6) is 0. The van der Waals surface area contributed by atoms with Crippen LogP contribution in [0.3, 0.4) is 0 Å². The SMILES string of the molecule is C1CCCC(N2CCNCC23CCCC3)CC1. The maximum absolute atomic E-state index is 3.66. The molecule has 1 N–H and O–H groups in total. The van der Waals surface area contributed by atoms with E-state index in [0.29, 0.717) is 5.54 Å². The molecule has 2 heteroatoms. The molecule has 0 aromatic heterocycles. The van der Waals surface area contributed by atoms with Crippen molar-refractivity contribution in [2.45, 2.75) is 75.8 Å². The van der Waals surface area contributed by atoms with Gasteiger partial charge in [-0.15, -0.1) is 0 Å². The second kappa shape index (κ2) is 5.27. The third-order valence-corrected chi connectivity index (χ3v) is 5.39. The number of piperazine rings is 1. The van der Waals surface area contributed by atoms with Crippen LogP contribution in [0.4, 0.5) is 0 Å². The van der Waals surface area contributed by atoms with E-state index in [1.807, 2.05) is 0 Å². The van der Waals surface area contributed by atoms with Crippen molar-refractivity contribution in [3.8, 4) is 0 Å². The molecule has 98 valence electrons. The number of nitrogens with zero attached hydrogens (tertiary/aromatic N) is 1. The zero-order valence-corrected chi connectivity index (χ0v) is 11.2. The Morgan fingerprint density at radius 1 is 0.882 bits per heavy atom. The molecule has 2 nitrogen and oxygen atoms in total. The Hall–Kier alpha value is -0.0800. The lowest BCUT2D eigenvalue weighted by molar-refractivity contribution is 0.0172. The maximum atomic E-state index is 3.66. The highest BCUT2D eigenvalue weighted by molar-refractivity contribution is 5.01. The molecule has 1 spiro atoms. The van der Waals surface area contributed by atoms with Crippen molar-refractivity contribution in [1.29, 1.82) is 0 Å². The molecular weight excluding hydrogens is 208 g/mol. The van der Waals surface area contributed by atoms with Crippen molar-refractivity contribution in [2.24, 2.45) is 0 Å². The normalized spacial score (nSPS) is 31.8. The number of nitrogens with one attached hydrogen (secondary N) is 1. The fourth-order valence-electron chi connectivity index (χ4n) is 4.50. The Balaban J connectivity index is 1.73. The molecule has 0 aromatic carbocycles. The molecular formula is C15H28N2. The van der Waals surface area contributed by atoms with E-state index in [-0.39, 0.29) is 0 Å². The molecule has 17 heavy (non-hydrogen) atoms. The van der Waals surface area contributed by atoms with Gasteiger partial charge in [0.2, 0.25) is 0 Å². The van der Waals surface area contributed by atoms with E-state index >= 15 is 0 Å². The quantitative estimate of drug-likeness (QED) is 0.704. The Morgan fingerprint density at radius 2 is 1.59 bits per heavy atom. The van der Waals surface area contributed by atoms with Gasteiger partial charge in [0.15, 0.2) is 0 Å². The molecule has 1 aliphatic heterocycles. The van der Waals surface area contributed by atoms with Crippen molar-refractivity contribution in [3.05, 3.63) is 0 Å². The van der Waals surface area contributed by atoms with Crippen LogP contribution in [-0.2, 0) is 0 Å². The summed E-state index contributed by atoms with van der Waals surface area (Å²) in [5, 5.41) is 3.66. The van der Waals surface area contributed by atoms with Crippen LogP contribution >= 0.6 is 0 Å². The number of hydrogen-bond donors (Lipinski definition) is 1. The van der Waals surface area contributed by atoms with Gasteiger partial charge in [-0.05, 0) is 25.7 Å². The van der Waals surface area contributed by atoms with Crippen LogP contribution < -0.4 is 5.32 Å². The highest BCUT2D eigenvalue weighted by Gasteiger charge is 2.43. The van der Waals surface area contributed by atoms with Gasteiger partial charge in [-0.2, -0.15) is 0 Å². The van der Waals surface area contributed by atoms with Crippen molar-refractivity contribution >= 4 is 0 Å². The fourth-order valence-corrected chi connectivity index (χ4v) is 4.50. The number of rotatable bonds is 1. The minimum absolute atomic E-state index is 0.563. The summed E-state index contributed by atoms with van der Waals surface area (Å²) < 4.78 is 0. The van der Waals surface area contributed by atoms with Crippen LogP contribution in [0.15, 0.2) is 0 Å². The molecule has 3 aliphatic rings. The van der Waals surface area contributed by atoms with E-state index in [1.165, 1.54) is 83.8 Å². The lowest BCUT2D eigenvalue weighted by Gasteiger charge is -2.49. The first kappa shape index (κ1) is 12.0. The van der Waals surface area contributed by atoms with E-state index in [1.54, 1.807) is 0 Å². The highest BCUT2D eigenvalue weighted by atomic mass is 15.3. The average Bonchev–Trinajstić information content (AvgIpc) is 2.66. The highest BCUT2D eigenvalue weighted by Crippen LogP contribution is 2.39. The van der Waals surface area contributed by atoms with E-state index in [4.69, 9.17) is 0 Å². The minimum atomic E-state index is 0.563. The van der Waals surface area contributed by atoms with Gasteiger partial charge in [-0.1, -0.05) is 38.5 Å². The third-order valence-electron chi connectivity index (χ3n) is 5.39. The topological polar surface area (TPSA) is 15.3 Å². The number of hydrogen-bond acceptors (Lipinski definition) is 2. The Labute approximate surface area is 106 Å². The molecule has 0 atom stereocenters. The van der Waals surface area contributed by atoms with Crippen LogP contribution in [0.25, 0.3) is 0 Å². The maximum Gasteiger partial charge on any atom is 0.0337 e. The Morgan fingerprint density at radius 3 is 2.29 bits per heavy atom. The summed E-state index contributed by atoms with van der Waals surface area (Å²) in [6.07, 6.45) is 14.7. The van der Waals surface area contributed by atoms with Gasteiger partial charge in [0.1, 0.15) is 0 Å². The van der Waals surface area contributed by atoms with Gasteiger partial charge in [0, 0.05) is 31.2 Å². The lowest BCUT2D eigenvalue weighted by atomic mass is 9.89. The summed E-state index contributed by atoms with van der Waals surface area (Å²) >= 11 is 0. The molecule has 1 heterocycles. The van der Waals surface area contributed by atoms with Gasteiger partial charge in [-0.3, -0.25) is 4.90 Å². The minimum Gasteiger partial charge on any atom is -0.314 e. The first-order valence-corrected chi connectivity index (χ1v) is 7.88. The van der Waals surface area contributed by atoms with Gasteiger partial charge >= 0.3 is 0 Å². The molecule has 2 saturated carbocycles. The van der Waals surface area contributed by atoms with E-state index in [9.17, 15) is 0 Å². The average molecular weight is 236 g/mol. The molecule has 2 aliphatic carbocycles. The zero-order chi connectivity index (χ0) is 11.6.